The lowest BCUT2D eigenvalue weighted by molar-refractivity contribution is -0.166. The number of rotatable bonds is 4. The zero-order valence-electron chi connectivity index (χ0n) is 13.2. The van der Waals surface area contributed by atoms with Gasteiger partial charge in [0.05, 0.1) is 14.8 Å². The van der Waals surface area contributed by atoms with Gasteiger partial charge in [0.15, 0.2) is 5.41 Å². The topological polar surface area (TPSA) is 52.6 Å². The molecule has 124 valence electrons. The van der Waals surface area contributed by atoms with Crippen LogP contribution in [0.5, 0.6) is 0 Å². The van der Waals surface area contributed by atoms with Gasteiger partial charge in [0.25, 0.3) is 0 Å². The van der Waals surface area contributed by atoms with Gasteiger partial charge in [-0.3, -0.25) is 9.59 Å². The second-order valence-corrected chi connectivity index (χ2v) is 9.54. The SMILES string of the molecule is CCOC(=O)C1(C(=O)OCC)Cc2cc(C)ccc2C1=C(I)I. The van der Waals surface area contributed by atoms with Gasteiger partial charge in [0, 0.05) is 12.0 Å². The van der Waals surface area contributed by atoms with E-state index in [4.69, 9.17) is 9.47 Å². The maximum Gasteiger partial charge on any atom is 0.328 e. The number of fused-ring (bicyclic) bond motifs is 1. The summed E-state index contributed by atoms with van der Waals surface area (Å²) in [6.07, 6.45) is 0.284. The van der Waals surface area contributed by atoms with Crippen molar-refractivity contribution in [1.29, 1.82) is 0 Å². The number of halogens is 2. The summed E-state index contributed by atoms with van der Waals surface area (Å²) in [6.45, 7) is 5.91. The van der Waals surface area contributed by atoms with Gasteiger partial charge in [-0.15, -0.1) is 0 Å². The second kappa shape index (κ2) is 7.50. The molecular weight excluding hydrogens is 522 g/mol. The lowest BCUT2D eigenvalue weighted by Gasteiger charge is -2.26. The molecule has 0 saturated heterocycles. The molecule has 0 N–H and O–H groups in total. The highest BCUT2D eigenvalue weighted by Gasteiger charge is 2.57. The van der Waals surface area contributed by atoms with E-state index in [-0.39, 0.29) is 19.6 Å². The fourth-order valence-corrected chi connectivity index (χ4v) is 4.42. The molecule has 0 radical (unpaired) electrons. The Kier molecular flexibility index (Phi) is 6.10. The van der Waals surface area contributed by atoms with E-state index in [9.17, 15) is 9.59 Å². The second-order valence-electron chi connectivity index (χ2n) is 5.32. The van der Waals surface area contributed by atoms with Gasteiger partial charge in [-0.2, -0.15) is 0 Å². The van der Waals surface area contributed by atoms with Gasteiger partial charge in [-0.05, 0) is 77.1 Å². The Balaban J connectivity index is 2.69. The summed E-state index contributed by atoms with van der Waals surface area (Å²) in [6, 6.07) is 5.98. The van der Waals surface area contributed by atoms with E-state index >= 15 is 0 Å². The van der Waals surface area contributed by atoms with Crippen molar-refractivity contribution in [2.24, 2.45) is 5.41 Å². The van der Waals surface area contributed by atoms with Gasteiger partial charge in [0.1, 0.15) is 0 Å². The minimum Gasteiger partial charge on any atom is -0.465 e. The minimum atomic E-state index is -1.40. The van der Waals surface area contributed by atoms with Crippen molar-refractivity contribution in [2.75, 3.05) is 13.2 Å². The number of aryl methyl sites for hydroxylation is 1. The first-order valence-corrected chi connectivity index (χ1v) is 9.54. The van der Waals surface area contributed by atoms with Crippen molar-refractivity contribution in [3.8, 4) is 0 Å². The van der Waals surface area contributed by atoms with Crippen LogP contribution in [0.2, 0.25) is 0 Å². The summed E-state index contributed by atoms with van der Waals surface area (Å²) in [5.74, 6) is -1.07. The Hall–Kier alpha value is -0.640. The van der Waals surface area contributed by atoms with E-state index in [1.165, 1.54) is 0 Å². The lowest BCUT2D eigenvalue weighted by Crippen LogP contribution is -2.42. The van der Waals surface area contributed by atoms with Gasteiger partial charge < -0.3 is 9.47 Å². The summed E-state index contributed by atoms with van der Waals surface area (Å²) in [5.41, 5.74) is 2.29. The monoisotopic (exact) mass is 540 g/mol. The molecule has 6 heteroatoms. The van der Waals surface area contributed by atoms with Gasteiger partial charge in [0.2, 0.25) is 0 Å². The van der Waals surface area contributed by atoms with Crippen molar-refractivity contribution in [3.05, 3.63) is 36.5 Å². The Morgan fingerprint density at radius 3 is 2.17 bits per heavy atom. The first kappa shape index (κ1) is 18.7. The normalized spacial score (nSPS) is 15.1. The van der Waals surface area contributed by atoms with Crippen LogP contribution in [0.1, 0.15) is 30.5 Å². The fraction of sp³-hybridized carbons (Fsp3) is 0.412. The van der Waals surface area contributed by atoms with Crippen LogP contribution in [0.3, 0.4) is 0 Å². The van der Waals surface area contributed by atoms with E-state index in [0.29, 0.717) is 5.57 Å². The predicted molar refractivity (Wildman–Crippen MR) is 106 cm³/mol. The molecule has 4 nitrogen and oxygen atoms in total. The summed E-state index contributed by atoms with van der Waals surface area (Å²) < 4.78 is 11.4. The third-order valence-electron chi connectivity index (χ3n) is 3.85. The first-order valence-electron chi connectivity index (χ1n) is 7.38. The highest BCUT2D eigenvalue weighted by molar-refractivity contribution is 14.2. The average molecular weight is 540 g/mol. The molecule has 1 aliphatic carbocycles. The van der Waals surface area contributed by atoms with Crippen molar-refractivity contribution < 1.29 is 19.1 Å². The summed E-state index contributed by atoms with van der Waals surface area (Å²) >= 11 is 4.30. The Morgan fingerprint density at radius 1 is 1.13 bits per heavy atom. The molecule has 0 heterocycles. The quantitative estimate of drug-likeness (QED) is 0.327. The number of ether oxygens (including phenoxy) is 2. The van der Waals surface area contributed by atoms with Crippen molar-refractivity contribution in [1.82, 2.24) is 0 Å². The van der Waals surface area contributed by atoms with Crippen molar-refractivity contribution in [2.45, 2.75) is 27.2 Å². The Labute approximate surface area is 163 Å². The molecule has 0 saturated carbocycles. The Morgan fingerprint density at radius 2 is 1.70 bits per heavy atom. The molecule has 0 bridgehead atoms. The molecule has 2 rings (SSSR count). The van der Waals surface area contributed by atoms with Crippen LogP contribution in [0.15, 0.2) is 19.8 Å². The van der Waals surface area contributed by atoms with E-state index < -0.39 is 17.4 Å². The maximum absolute atomic E-state index is 12.8. The highest BCUT2D eigenvalue weighted by atomic mass is 127. The molecule has 0 spiro atoms. The number of carbonyl (C=O) groups is 2. The van der Waals surface area contributed by atoms with Crippen LogP contribution in [-0.4, -0.2) is 25.2 Å². The molecule has 1 aliphatic rings. The minimum absolute atomic E-state index is 0.223. The number of hydrogen-bond donors (Lipinski definition) is 0. The molecule has 0 unspecified atom stereocenters. The molecule has 0 fully saturated rings. The van der Waals surface area contributed by atoms with Gasteiger partial charge in [-0.25, -0.2) is 0 Å². The highest BCUT2D eigenvalue weighted by Crippen LogP contribution is 2.52. The standard InChI is InChI=1S/C17H18I2O4/c1-4-22-15(20)17(16(21)23-5-2)9-11-8-10(3)6-7-12(11)13(17)14(18)19/h6-8H,4-5,9H2,1-3H3. The van der Waals surface area contributed by atoms with Crippen LogP contribution in [0.4, 0.5) is 0 Å². The fourth-order valence-electron chi connectivity index (χ4n) is 2.92. The number of hydrogen-bond acceptors (Lipinski definition) is 4. The van der Waals surface area contributed by atoms with E-state index in [0.717, 1.165) is 18.3 Å². The smallest absolute Gasteiger partial charge is 0.328 e. The zero-order valence-corrected chi connectivity index (χ0v) is 17.6. The number of benzene rings is 1. The van der Waals surface area contributed by atoms with Gasteiger partial charge >= 0.3 is 11.9 Å². The third kappa shape index (κ3) is 3.29. The summed E-state index contributed by atoms with van der Waals surface area (Å²) in [4.78, 5) is 25.6. The van der Waals surface area contributed by atoms with Crippen LogP contribution in [0, 0.1) is 12.3 Å². The molecule has 0 atom stereocenters. The van der Waals surface area contributed by atoms with Crippen molar-refractivity contribution in [3.63, 3.8) is 0 Å². The average Bonchev–Trinajstić information content (AvgIpc) is 2.83. The van der Waals surface area contributed by atoms with E-state index in [1.54, 1.807) is 13.8 Å². The van der Waals surface area contributed by atoms with Crippen LogP contribution >= 0.6 is 45.2 Å². The van der Waals surface area contributed by atoms with Crippen LogP contribution in [0.25, 0.3) is 5.57 Å². The van der Waals surface area contributed by atoms with E-state index in [2.05, 4.69) is 45.2 Å². The summed E-state index contributed by atoms with van der Waals surface area (Å²) in [7, 11) is 0. The molecule has 0 aromatic heterocycles. The first-order chi connectivity index (χ1) is 10.9. The van der Waals surface area contributed by atoms with Crippen molar-refractivity contribution >= 4 is 62.7 Å². The van der Waals surface area contributed by atoms with E-state index in [1.807, 2.05) is 25.1 Å². The summed E-state index contributed by atoms with van der Waals surface area (Å²) in [5, 5.41) is 0. The molecule has 1 aromatic carbocycles. The third-order valence-corrected chi connectivity index (χ3v) is 4.93. The maximum atomic E-state index is 12.8. The van der Waals surface area contributed by atoms with Gasteiger partial charge in [-0.1, -0.05) is 23.8 Å². The Bertz CT molecular complexity index is 657. The number of carbonyl (C=O) groups excluding carboxylic acids is 2. The number of esters is 2. The zero-order chi connectivity index (χ0) is 17.2. The molecular formula is C17H18I2O4. The molecule has 0 amide bonds. The molecule has 1 aromatic rings. The predicted octanol–water partition coefficient (Wildman–Crippen LogP) is 4.20. The van der Waals surface area contributed by atoms with Crippen LogP contribution in [-0.2, 0) is 25.5 Å². The lowest BCUT2D eigenvalue weighted by atomic mass is 9.81. The molecule has 23 heavy (non-hydrogen) atoms. The largest absolute Gasteiger partial charge is 0.465 e. The molecule has 0 aliphatic heterocycles. The van der Waals surface area contributed by atoms with Crippen LogP contribution < -0.4 is 0 Å².